The van der Waals surface area contributed by atoms with Crippen molar-refractivity contribution in [3.05, 3.63) is 81.5 Å². The molecule has 4 rings (SSSR count). The molecule has 1 aliphatic rings. The summed E-state index contributed by atoms with van der Waals surface area (Å²) in [5.74, 6) is -5.09. The highest BCUT2D eigenvalue weighted by Crippen LogP contribution is 2.35. The molecule has 1 aromatic heterocycles. The molecule has 1 unspecified atom stereocenters. The molecule has 0 spiro atoms. The molecular formula is C26H24F5N3O3. The Balaban J connectivity index is 1.66. The standard InChI is InChI=1S/C26H24F5N3O3/c1-14-6-8-20(15(2)10-14)25(27,28)13-32-23(36)22-19-12-17(35)7-9-21(19)33-34-24(22)37-18-5-3-4-16(11-18)26(29,30)31/h3-6,8,10-11,17,35H,7,9,12-13H2,1-2H3,(H,32,36). The first-order valence-electron chi connectivity index (χ1n) is 11.5. The van der Waals surface area contributed by atoms with Crippen molar-refractivity contribution in [1.82, 2.24) is 15.5 Å². The van der Waals surface area contributed by atoms with Gasteiger partial charge in [-0.3, -0.25) is 4.79 Å². The number of nitrogens with zero attached hydrogens (tertiary/aromatic N) is 2. The number of benzene rings is 2. The third-order valence-electron chi connectivity index (χ3n) is 6.13. The van der Waals surface area contributed by atoms with E-state index in [0.29, 0.717) is 17.7 Å². The van der Waals surface area contributed by atoms with Crippen molar-refractivity contribution in [3.63, 3.8) is 0 Å². The topological polar surface area (TPSA) is 84.3 Å². The lowest BCUT2D eigenvalue weighted by atomic mass is 9.90. The Bertz CT molecular complexity index is 1330. The summed E-state index contributed by atoms with van der Waals surface area (Å²) in [5, 5.41) is 20.2. The molecule has 2 aromatic carbocycles. The summed E-state index contributed by atoms with van der Waals surface area (Å²) in [5.41, 5.74) is 0.327. The van der Waals surface area contributed by atoms with Gasteiger partial charge >= 0.3 is 6.18 Å². The monoisotopic (exact) mass is 521 g/mol. The fraction of sp³-hybridized carbons (Fsp3) is 0.346. The molecule has 0 saturated carbocycles. The zero-order valence-corrected chi connectivity index (χ0v) is 20.0. The van der Waals surface area contributed by atoms with Gasteiger partial charge in [0.15, 0.2) is 0 Å². The van der Waals surface area contributed by atoms with Crippen LogP contribution in [0.5, 0.6) is 11.6 Å². The van der Waals surface area contributed by atoms with Crippen molar-refractivity contribution in [2.24, 2.45) is 0 Å². The van der Waals surface area contributed by atoms with E-state index in [4.69, 9.17) is 4.74 Å². The minimum Gasteiger partial charge on any atom is -0.437 e. The third kappa shape index (κ3) is 5.87. The summed E-state index contributed by atoms with van der Waals surface area (Å²) in [4.78, 5) is 13.2. The van der Waals surface area contributed by atoms with Crippen LogP contribution in [0.25, 0.3) is 0 Å². The zero-order chi connectivity index (χ0) is 27.0. The maximum atomic E-state index is 15.0. The fourth-order valence-corrected chi connectivity index (χ4v) is 4.30. The van der Waals surface area contributed by atoms with E-state index in [2.05, 4.69) is 15.5 Å². The van der Waals surface area contributed by atoms with Crippen molar-refractivity contribution < 1.29 is 36.6 Å². The average molecular weight is 521 g/mol. The van der Waals surface area contributed by atoms with Crippen molar-refractivity contribution >= 4 is 5.91 Å². The maximum absolute atomic E-state index is 15.0. The van der Waals surface area contributed by atoms with Crippen LogP contribution in [0, 0.1) is 13.8 Å². The van der Waals surface area contributed by atoms with E-state index in [1.54, 1.807) is 26.0 Å². The second kappa shape index (κ2) is 10.0. The number of alkyl halides is 5. The molecule has 2 N–H and O–H groups in total. The molecule has 0 bridgehead atoms. The average Bonchev–Trinajstić information content (AvgIpc) is 2.82. The summed E-state index contributed by atoms with van der Waals surface area (Å²) in [7, 11) is 0. The predicted molar refractivity (Wildman–Crippen MR) is 124 cm³/mol. The van der Waals surface area contributed by atoms with Crippen LogP contribution >= 0.6 is 0 Å². The van der Waals surface area contributed by atoms with Gasteiger partial charge in [0.05, 0.1) is 23.9 Å². The van der Waals surface area contributed by atoms with Gasteiger partial charge in [-0.15, -0.1) is 5.10 Å². The number of halogens is 5. The zero-order valence-electron chi connectivity index (χ0n) is 20.0. The maximum Gasteiger partial charge on any atom is 0.416 e. The predicted octanol–water partition coefficient (Wildman–Crippen LogP) is 5.28. The van der Waals surface area contributed by atoms with Crippen LogP contribution in [0.2, 0.25) is 0 Å². The number of nitrogens with one attached hydrogen (secondary N) is 1. The Morgan fingerprint density at radius 2 is 1.86 bits per heavy atom. The van der Waals surface area contributed by atoms with Crippen LogP contribution in [0.15, 0.2) is 42.5 Å². The molecule has 0 fully saturated rings. The van der Waals surface area contributed by atoms with E-state index in [-0.39, 0.29) is 35.3 Å². The summed E-state index contributed by atoms with van der Waals surface area (Å²) in [6, 6.07) is 8.39. The highest BCUT2D eigenvalue weighted by atomic mass is 19.4. The number of carbonyl (C=O) groups is 1. The smallest absolute Gasteiger partial charge is 0.416 e. The minimum atomic E-state index is -4.63. The number of aliphatic hydroxyl groups excluding tert-OH is 1. The van der Waals surface area contributed by atoms with Crippen LogP contribution in [0.3, 0.4) is 0 Å². The van der Waals surface area contributed by atoms with Gasteiger partial charge in [0, 0.05) is 12.0 Å². The molecule has 37 heavy (non-hydrogen) atoms. The Labute approximate surface area is 209 Å². The third-order valence-corrected chi connectivity index (χ3v) is 6.13. The first-order chi connectivity index (χ1) is 17.3. The molecule has 0 saturated heterocycles. The first-order valence-corrected chi connectivity index (χ1v) is 11.5. The summed E-state index contributed by atoms with van der Waals surface area (Å²) in [6.07, 6.45) is -4.82. The van der Waals surface area contributed by atoms with Crippen LogP contribution in [-0.4, -0.2) is 33.9 Å². The molecule has 6 nitrogen and oxygen atoms in total. The number of aliphatic hydroxyl groups is 1. The molecule has 11 heteroatoms. The Kier molecular flexibility index (Phi) is 7.18. The number of hydrogen-bond acceptors (Lipinski definition) is 5. The van der Waals surface area contributed by atoms with Crippen molar-refractivity contribution in [3.8, 4) is 11.6 Å². The second-order valence-electron chi connectivity index (χ2n) is 9.04. The second-order valence-corrected chi connectivity index (χ2v) is 9.04. The van der Waals surface area contributed by atoms with Gasteiger partial charge in [0.1, 0.15) is 11.3 Å². The van der Waals surface area contributed by atoms with Crippen LogP contribution in [0.4, 0.5) is 22.0 Å². The van der Waals surface area contributed by atoms with Gasteiger partial charge < -0.3 is 15.2 Å². The van der Waals surface area contributed by atoms with E-state index in [1.807, 2.05) is 0 Å². The largest absolute Gasteiger partial charge is 0.437 e. The number of rotatable bonds is 6. The van der Waals surface area contributed by atoms with E-state index in [0.717, 1.165) is 23.8 Å². The molecule has 3 aromatic rings. The van der Waals surface area contributed by atoms with Gasteiger partial charge in [-0.1, -0.05) is 29.8 Å². The highest BCUT2D eigenvalue weighted by molar-refractivity contribution is 5.98. The number of amides is 1. The number of ether oxygens (including phenoxy) is 1. The number of carbonyl (C=O) groups excluding carboxylic acids is 1. The lowest BCUT2D eigenvalue weighted by molar-refractivity contribution is -0.137. The molecular weight excluding hydrogens is 497 g/mol. The number of fused-ring (bicyclic) bond motifs is 1. The molecule has 1 aliphatic carbocycles. The van der Waals surface area contributed by atoms with Gasteiger partial charge in [-0.05, 0) is 56.0 Å². The number of aryl methyl sites for hydroxylation is 3. The fourth-order valence-electron chi connectivity index (χ4n) is 4.30. The lowest BCUT2D eigenvalue weighted by Gasteiger charge is -2.24. The molecule has 196 valence electrons. The molecule has 1 heterocycles. The summed E-state index contributed by atoms with van der Waals surface area (Å²) in [6.45, 7) is 2.28. The van der Waals surface area contributed by atoms with E-state index in [1.165, 1.54) is 12.1 Å². The van der Waals surface area contributed by atoms with Gasteiger partial charge in [-0.2, -0.15) is 27.1 Å². The van der Waals surface area contributed by atoms with Crippen molar-refractivity contribution in [2.45, 2.75) is 51.3 Å². The van der Waals surface area contributed by atoms with Crippen LogP contribution in [0.1, 0.15) is 50.3 Å². The number of aromatic nitrogens is 2. The molecule has 0 radical (unpaired) electrons. The van der Waals surface area contributed by atoms with Gasteiger partial charge in [-0.25, -0.2) is 0 Å². The Hall–Kier alpha value is -3.60. The summed E-state index contributed by atoms with van der Waals surface area (Å²) < 4.78 is 74.9. The van der Waals surface area contributed by atoms with Crippen molar-refractivity contribution in [2.75, 3.05) is 6.54 Å². The van der Waals surface area contributed by atoms with Crippen LogP contribution < -0.4 is 10.1 Å². The quantitative estimate of drug-likeness (QED) is 0.432. The van der Waals surface area contributed by atoms with Gasteiger partial charge in [0.25, 0.3) is 17.7 Å². The number of hydrogen-bond donors (Lipinski definition) is 2. The van der Waals surface area contributed by atoms with E-state index >= 15 is 8.78 Å². The SMILES string of the molecule is Cc1ccc(C(F)(F)CNC(=O)c2c(Oc3cccc(C(F)(F)F)c3)nnc3c2CC(O)CC3)c(C)c1. The van der Waals surface area contributed by atoms with Crippen LogP contribution in [-0.2, 0) is 24.9 Å². The van der Waals surface area contributed by atoms with E-state index in [9.17, 15) is 23.1 Å². The van der Waals surface area contributed by atoms with Crippen molar-refractivity contribution in [1.29, 1.82) is 0 Å². The van der Waals surface area contributed by atoms with E-state index < -0.39 is 42.1 Å². The molecule has 0 aliphatic heterocycles. The molecule has 1 amide bonds. The molecule has 1 atom stereocenters. The van der Waals surface area contributed by atoms with Gasteiger partial charge in [0.2, 0.25) is 0 Å². The Morgan fingerprint density at radius 3 is 2.57 bits per heavy atom. The highest BCUT2D eigenvalue weighted by Gasteiger charge is 2.36. The lowest BCUT2D eigenvalue weighted by Crippen LogP contribution is -2.37. The minimum absolute atomic E-state index is 0.0139. The normalized spacial score (nSPS) is 15.7. The first kappa shape index (κ1) is 26.5. The Morgan fingerprint density at radius 1 is 1.11 bits per heavy atom. The summed E-state index contributed by atoms with van der Waals surface area (Å²) >= 11 is 0.